The van der Waals surface area contributed by atoms with E-state index in [0.717, 1.165) is 0 Å². The van der Waals surface area contributed by atoms with E-state index in [4.69, 9.17) is 10.00 Å². The van der Waals surface area contributed by atoms with Crippen molar-refractivity contribution in [1.29, 1.82) is 5.26 Å². The number of nitriles is 1. The molecule has 0 saturated heterocycles. The zero-order valence-electron chi connectivity index (χ0n) is 11.8. The van der Waals surface area contributed by atoms with E-state index in [1.165, 1.54) is 0 Å². The van der Waals surface area contributed by atoms with Crippen LogP contribution in [0.25, 0.3) is 0 Å². The SMILES string of the molecule is CCOC(=O)C(C(=O)O)=C(CC)Nc1cccc(C#N)c1. The van der Waals surface area contributed by atoms with Crippen LogP contribution in [-0.4, -0.2) is 23.7 Å². The van der Waals surface area contributed by atoms with Crippen molar-refractivity contribution in [3.63, 3.8) is 0 Å². The summed E-state index contributed by atoms with van der Waals surface area (Å²) in [6.45, 7) is 3.42. The molecule has 0 aliphatic carbocycles. The van der Waals surface area contributed by atoms with Gasteiger partial charge in [0.2, 0.25) is 0 Å². The fourth-order valence-electron chi connectivity index (χ4n) is 1.71. The molecule has 0 unspecified atom stereocenters. The highest BCUT2D eigenvalue weighted by Gasteiger charge is 2.23. The van der Waals surface area contributed by atoms with Crippen molar-refractivity contribution >= 4 is 17.6 Å². The van der Waals surface area contributed by atoms with E-state index < -0.39 is 17.5 Å². The highest BCUT2D eigenvalue weighted by Crippen LogP contribution is 2.17. The fourth-order valence-corrected chi connectivity index (χ4v) is 1.71. The molecule has 0 heterocycles. The van der Waals surface area contributed by atoms with E-state index in [1.54, 1.807) is 38.1 Å². The predicted molar refractivity (Wildman–Crippen MR) is 76.4 cm³/mol. The lowest BCUT2D eigenvalue weighted by molar-refractivity contribution is -0.144. The van der Waals surface area contributed by atoms with Gasteiger partial charge in [0.25, 0.3) is 0 Å². The number of hydrogen-bond acceptors (Lipinski definition) is 5. The van der Waals surface area contributed by atoms with Crippen LogP contribution >= 0.6 is 0 Å². The van der Waals surface area contributed by atoms with Gasteiger partial charge in [-0.05, 0) is 31.5 Å². The van der Waals surface area contributed by atoms with E-state index in [-0.39, 0.29) is 12.3 Å². The van der Waals surface area contributed by atoms with Crippen LogP contribution in [0.3, 0.4) is 0 Å². The number of nitrogens with one attached hydrogen (secondary N) is 1. The van der Waals surface area contributed by atoms with Crippen molar-refractivity contribution in [2.45, 2.75) is 20.3 Å². The maximum Gasteiger partial charge on any atom is 0.347 e. The number of carboxylic acid groups (broad SMARTS) is 1. The zero-order chi connectivity index (χ0) is 15.8. The molecule has 0 radical (unpaired) electrons. The highest BCUT2D eigenvalue weighted by atomic mass is 16.5. The minimum atomic E-state index is -1.35. The average Bonchev–Trinajstić information content (AvgIpc) is 2.46. The summed E-state index contributed by atoms with van der Waals surface area (Å²) in [6, 6.07) is 8.54. The number of carbonyl (C=O) groups is 2. The second-order valence-electron chi connectivity index (χ2n) is 4.05. The van der Waals surface area contributed by atoms with Crippen molar-refractivity contribution in [3.05, 3.63) is 41.1 Å². The van der Waals surface area contributed by atoms with Gasteiger partial charge < -0.3 is 15.2 Å². The molecular formula is C15H16N2O4. The number of anilines is 1. The maximum atomic E-state index is 11.7. The van der Waals surface area contributed by atoms with Crippen molar-refractivity contribution in [2.24, 2.45) is 0 Å². The third kappa shape index (κ3) is 4.35. The summed E-state index contributed by atoms with van der Waals surface area (Å²) in [5.41, 5.74) is 0.773. The Bertz CT molecular complexity index is 614. The maximum absolute atomic E-state index is 11.7. The molecule has 1 aromatic carbocycles. The van der Waals surface area contributed by atoms with Gasteiger partial charge in [-0.25, -0.2) is 9.59 Å². The molecule has 1 rings (SSSR count). The molecule has 0 saturated carbocycles. The minimum Gasteiger partial charge on any atom is -0.477 e. The Kier molecular flexibility index (Phi) is 5.96. The van der Waals surface area contributed by atoms with Gasteiger partial charge in [-0.15, -0.1) is 0 Å². The van der Waals surface area contributed by atoms with E-state index in [0.29, 0.717) is 17.7 Å². The fraction of sp³-hybridized carbons (Fsp3) is 0.267. The first kappa shape index (κ1) is 16.2. The number of nitrogens with zero attached hydrogens (tertiary/aromatic N) is 1. The Labute approximate surface area is 122 Å². The molecule has 0 bridgehead atoms. The number of carbonyl (C=O) groups excluding carboxylic acids is 1. The van der Waals surface area contributed by atoms with Gasteiger partial charge >= 0.3 is 11.9 Å². The lowest BCUT2D eigenvalue weighted by Crippen LogP contribution is -2.20. The van der Waals surface area contributed by atoms with Gasteiger partial charge in [0, 0.05) is 11.4 Å². The molecular weight excluding hydrogens is 272 g/mol. The molecule has 0 spiro atoms. The molecule has 6 nitrogen and oxygen atoms in total. The van der Waals surface area contributed by atoms with Crippen LogP contribution in [0.15, 0.2) is 35.5 Å². The molecule has 110 valence electrons. The predicted octanol–water partition coefficient (Wildman–Crippen LogP) is 2.28. The summed E-state index contributed by atoms with van der Waals surface area (Å²) in [5.74, 6) is -2.24. The van der Waals surface area contributed by atoms with Crippen LogP contribution in [0.2, 0.25) is 0 Å². The number of allylic oxidation sites excluding steroid dienone is 1. The van der Waals surface area contributed by atoms with Crippen LogP contribution in [0, 0.1) is 11.3 Å². The summed E-state index contributed by atoms with van der Waals surface area (Å²) < 4.78 is 4.76. The topological polar surface area (TPSA) is 99.4 Å². The molecule has 0 aliphatic rings. The Morgan fingerprint density at radius 2 is 2.10 bits per heavy atom. The van der Waals surface area contributed by atoms with Gasteiger partial charge in [0.05, 0.1) is 18.2 Å². The average molecular weight is 288 g/mol. The van der Waals surface area contributed by atoms with Crippen LogP contribution in [0.1, 0.15) is 25.8 Å². The van der Waals surface area contributed by atoms with Crippen LogP contribution in [0.4, 0.5) is 5.69 Å². The monoisotopic (exact) mass is 288 g/mol. The van der Waals surface area contributed by atoms with Gasteiger partial charge in [0.1, 0.15) is 0 Å². The third-order valence-corrected chi connectivity index (χ3v) is 2.64. The molecule has 0 aromatic heterocycles. The smallest absolute Gasteiger partial charge is 0.347 e. The van der Waals surface area contributed by atoms with E-state index in [9.17, 15) is 14.7 Å². The summed E-state index contributed by atoms with van der Waals surface area (Å²) in [5, 5.41) is 20.9. The van der Waals surface area contributed by atoms with Crippen molar-refractivity contribution in [2.75, 3.05) is 11.9 Å². The van der Waals surface area contributed by atoms with Crippen molar-refractivity contribution in [3.8, 4) is 6.07 Å². The summed E-state index contributed by atoms with van der Waals surface area (Å²) >= 11 is 0. The number of esters is 1. The van der Waals surface area contributed by atoms with Crippen molar-refractivity contribution < 1.29 is 19.4 Å². The molecule has 2 N–H and O–H groups in total. The molecule has 1 aromatic rings. The minimum absolute atomic E-state index is 0.0938. The first-order valence-electron chi connectivity index (χ1n) is 6.44. The van der Waals surface area contributed by atoms with E-state index in [1.807, 2.05) is 6.07 Å². The van der Waals surface area contributed by atoms with Crippen LogP contribution in [0.5, 0.6) is 0 Å². The zero-order valence-corrected chi connectivity index (χ0v) is 11.8. The molecule has 0 fully saturated rings. The molecule has 0 aliphatic heterocycles. The quantitative estimate of drug-likeness (QED) is 0.360. The van der Waals surface area contributed by atoms with Gasteiger partial charge in [-0.2, -0.15) is 5.26 Å². The van der Waals surface area contributed by atoms with Gasteiger partial charge in [0.15, 0.2) is 5.57 Å². The molecule has 0 atom stereocenters. The number of carboxylic acids is 1. The van der Waals surface area contributed by atoms with Gasteiger partial charge in [-0.1, -0.05) is 13.0 Å². The van der Waals surface area contributed by atoms with E-state index in [2.05, 4.69) is 5.32 Å². The second-order valence-corrected chi connectivity index (χ2v) is 4.05. The largest absolute Gasteiger partial charge is 0.477 e. The molecule has 6 heteroatoms. The van der Waals surface area contributed by atoms with Gasteiger partial charge in [-0.3, -0.25) is 0 Å². The standard InChI is InChI=1S/C15H16N2O4/c1-3-12(13(14(18)19)15(20)21-4-2)17-11-7-5-6-10(8-11)9-16/h5-8,17H,3-4H2,1-2H3,(H,18,19). The second kappa shape index (κ2) is 7.70. The lowest BCUT2D eigenvalue weighted by Gasteiger charge is -2.13. The molecule has 0 amide bonds. The third-order valence-electron chi connectivity index (χ3n) is 2.64. The first-order chi connectivity index (χ1) is 10.0. The Morgan fingerprint density at radius 3 is 2.62 bits per heavy atom. The number of benzene rings is 1. The van der Waals surface area contributed by atoms with Crippen molar-refractivity contribution in [1.82, 2.24) is 0 Å². The summed E-state index contributed by atoms with van der Waals surface area (Å²) in [7, 11) is 0. The number of hydrogen-bond donors (Lipinski definition) is 2. The summed E-state index contributed by atoms with van der Waals surface area (Å²) in [4.78, 5) is 23.0. The first-order valence-corrected chi connectivity index (χ1v) is 6.44. The molecule has 21 heavy (non-hydrogen) atoms. The Balaban J connectivity index is 3.18. The van der Waals surface area contributed by atoms with E-state index >= 15 is 0 Å². The number of aliphatic carboxylic acids is 1. The number of ether oxygens (including phenoxy) is 1. The number of rotatable bonds is 6. The lowest BCUT2D eigenvalue weighted by atomic mass is 10.1. The Hall–Kier alpha value is -2.81. The van der Waals surface area contributed by atoms with Crippen LogP contribution < -0.4 is 5.32 Å². The highest BCUT2D eigenvalue weighted by molar-refractivity contribution is 6.14. The Morgan fingerprint density at radius 1 is 1.38 bits per heavy atom. The van der Waals surface area contributed by atoms with Crippen LogP contribution in [-0.2, 0) is 14.3 Å². The normalized spacial score (nSPS) is 11.1. The summed E-state index contributed by atoms with van der Waals surface area (Å²) in [6.07, 6.45) is 0.303.